The summed E-state index contributed by atoms with van der Waals surface area (Å²) in [7, 11) is 0. The van der Waals surface area contributed by atoms with Gasteiger partial charge in [0, 0.05) is 6.07 Å². The van der Waals surface area contributed by atoms with Gasteiger partial charge in [0.1, 0.15) is 5.76 Å². The number of aromatic nitrogens is 1. The minimum Gasteiger partial charge on any atom is -0.360 e. The van der Waals surface area contributed by atoms with Crippen LogP contribution < -0.4 is 16.4 Å². The molecule has 124 valence electrons. The van der Waals surface area contributed by atoms with Crippen LogP contribution in [0.4, 0.5) is 14.6 Å². The third-order valence-corrected chi connectivity index (χ3v) is 3.70. The fraction of sp³-hybridized carbons (Fsp3) is 0.583. The number of thioether (sulfide) groups is 1. The lowest BCUT2D eigenvalue weighted by molar-refractivity contribution is -0.120. The Bertz CT molecular complexity index is 524. The Morgan fingerprint density at radius 2 is 2.23 bits per heavy atom. The molecule has 2 amide bonds. The third kappa shape index (κ3) is 6.39. The van der Waals surface area contributed by atoms with E-state index in [9.17, 15) is 18.4 Å². The molecule has 0 saturated carbocycles. The normalized spacial score (nSPS) is 12.8. The van der Waals surface area contributed by atoms with Gasteiger partial charge in [-0.2, -0.15) is 0 Å². The highest BCUT2D eigenvalue weighted by molar-refractivity contribution is 8.01. The van der Waals surface area contributed by atoms with Crippen molar-refractivity contribution in [1.82, 2.24) is 10.5 Å². The first-order valence-electron chi connectivity index (χ1n) is 6.44. The fourth-order valence-electron chi connectivity index (χ4n) is 1.28. The summed E-state index contributed by atoms with van der Waals surface area (Å²) in [6, 6.07) is 1.55. The van der Waals surface area contributed by atoms with Crippen molar-refractivity contribution in [3.63, 3.8) is 0 Å². The first kappa shape index (κ1) is 18.4. The van der Waals surface area contributed by atoms with Crippen molar-refractivity contribution >= 4 is 29.4 Å². The molecule has 0 aromatic carbocycles. The number of carbonyl (C=O) groups is 2. The Labute approximate surface area is 130 Å². The van der Waals surface area contributed by atoms with E-state index in [-0.39, 0.29) is 17.5 Å². The van der Waals surface area contributed by atoms with Gasteiger partial charge in [-0.15, -0.1) is 11.8 Å². The molecule has 1 rings (SSSR count). The quantitative estimate of drug-likeness (QED) is 0.646. The van der Waals surface area contributed by atoms with Gasteiger partial charge in [0.25, 0.3) is 5.92 Å². The van der Waals surface area contributed by atoms with Crippen LogP contribution in [0.5, 0.6) is 0 Å². The van der Waals surface area contributed by atoms with Gasteiger partial charge in [-0.05, 0) is 13.8 Å². The maximum absolute atomic E-state index is 12.9. The first-order chi connectivity index (χ1) is 10.2. The maximum Gasteiger partial charge on any atom is 0.277 e. The van der Waals surface area contributed by atoms with Crippen LogP contribution in [0, 0.1) is 6.92 Å². The van der Waals surface area contributed by atoms with Crippen LogP contribution in [0.25, 0.3) is 0 Å². The molecule has 1 atom stereocenters. The SMILES string of the molecule is Cc1cc(NC(=O)C(C)SCC(=O)NCC(F)(F)CN)no1. The number of hydrogen-bond acceptors (Lipinski definition) is 6. The van der Waals surface area contributed by atoms with Crippen molar-refractivity contribution < 1.29 is 22.9 Å². The summed E-state index contributed by atoms with van der Waals surface area (Å²) in [6.45, 7) is 1.62. The van der Waals surface area contributed by atoms with E-state index in [2.05, 4.69) is 15.8 Å². The molecule has 0 aliphatic carbocycles. The number of alkyl halides is 2. The molecule has 0 spiro atoms. The summed E-state index contributed by atoms with van der Waals surface area (Å²) in [5.74, 6) is -3.37. The molecule has 0 radical (unpaired) electrons. The second-order valence-corrected chi connectivity index (χ2v) is 5.93. The predicted octanol–water partition coefficient (Wildman–Crippen LogP) is 0.753. The Hall–Kier alpha value is -1.68. The van der Waals surface area contributed by atoms with Crippen molar-refractivity contribution in [2.24, 2.45) is 5.73 Å². The monoisotopic (exact) mass is 336 g/mol. The van der Waals surface area contributed by atoms with E-state index in [0.29, 0.717) is 5.76 Å². The molecule has 0 aliphatic rings. The van der Waals surface area contributed by atoms with Crippen molar-refractivity contribution in [1.29, 1.82) is 0 Å². The number of nitrogens with zero attached hydrogens (tertiary/aromatic N) is 1. The minimum absolute atomic E-state index is 0.118. The molecule has 0 aliphatic heterocycles. The van der Waals surface area contributed by atoms with Crippen LogP contribution in [0.3, 0.4) is 0 Å². The zero-order chi connectivity index (χ0) is 16.8. The number of nitrogens with one attached hydrogen (secondary N) is 2. The highest BCUT2D eigenvalue weighted by atomic mass is 32.2. The summed E-state index contributed by atoms with van der Waals surface area (Å²) >= 11 is 1.02. The van der Waals surface area contributed by atoms with E-state index in [1.54, 1.807) is 19.9 Å². The molecule has 0 fully saturated rings. The molecule has 1 unspecified atom stereocenters. The van der Waals surface area contributed by atoms with E-state index in [1.807, 2.05) is 0 Å². The molecule has 1 aromatic heterocycles. The smallest absolute Gasteiger partial charge is 0.277 e. The van der Waals surface area contributed by atoms with Crippen LogP contribution in [0.1, 0.15) is 12.7 Å². The largest absolute Gasteiger partial charge is 0.360 e. The van der Waals surface area contributed by atoms with Gasteiger partial charge in [-0.25, -0.2) is 8.78 Å². The molecule has 1 heterocycles. The lowest BCUT2D eigenvalue weighted by Crippen LogP contribution is -2.42. The number of nitrogens with two attached hydrogens (primary N) is 1. The summed E-state index contributed by atoms with van der Waals surface area (Å²) in [6.07, 6.45) is 0. The van der Waals surface area contributed by atoms with Crippen LogP contribution >= 0.6 is 11.8 Å². The number of hydrogen-bond donors (Lipinski definition) is 3. The molecule has 22 heavy (non-hydrogen) atoms. The van der Waals surface area contributed by atoms with Gasteiger partial charge in [0.15, 0.2) is 5.82 Å². The van der Waals surface area contributed by atoms with Crippen LogP contribution in [-0.4, -0.2) is 47.0 Å². The number of carbonyl (C=O) groups excluding carboxylic acids is 2. The average Bonchev–Trinajstić information content (AvgIpc) is 2.87. The summed E-state index contributed by atoms with van der Waals surface area (Å²) in [5.41, 5.74) is 4.86. The van der Waals surface area contributed by atoms with E-state index >= 15 is 0 Å². The Morgan fingerprint density at radius 3 is 2.77 bits per heavy atom. The fourth-order valence-corrected chi connectivity index (χ4v) is 1.99. The first-order valence-corrected chi connectivity index (χ1v) is 7.49. The van der Waals surface area contributed by atoms with Crippen molar-refractivity contribution in [2.75, 3.05) is 24.2 Å². The zero-order valence-electron chi connectivity index (χ0n) is 12.2. The highest BCUT2D eigenvalue weighted by Crippen LogP contribution is 2.14. The van der Waals surface area contributed by atoms with Crippen LogP contribution in [0.2, 0.25) is 0 Å². The molecular weight excluding hydrogens is 318 g/mol. The van der Waals surface area contributed by atoms with Gasteiger partial charge in [-0.1, -0.05) is 5.16 Å². The van der Waals surface area contributed by atoms with Gasteiger partial charge in [0.05, 0.1) is 24.1 Å². The Kier molecular flexibility index (Phi) is 6.75. The maximum atomic E-state index is 12.9. The molecule has 0 saturated heterocycles. The summed E-state index contributed by atoms with van der Waals surface area (Å²) in [4.78, 5) is 23.2. The van der Waals surface area contributed by atoms with Crippen molar-refractivity contribution in [3.05, 3.63) is 11.8 Å². The van der Waals surface area contributed by atoms with Gasteiger partial charge >= 0.3 is 0 Å². The van der Waals surface area contributed by atoms with E-state index in [0.717, 1.165) is 11.8 Å². The third-order valence-electron chi connectivity index (χ3n) is 2.56. The number of rotatable bonds is 8. The molecule has 4 N–H and O–H groups in total. The number of halogens is 2. The second-order valence-electron chi connectivity index (χ2n) is 4.60. The van der Waals surface area contributed by atoms with Crippen LogP contribution in [-0.2, 0) is 9.59 Å². The van der Waals surface area contributed by atoms with Crippen LogP contribution in [0.15, 0.2) is 10.6 Å². The molecular formula is C12H18F2N4O3S. The predicted molar refractivity (Wildman–Crippen MR) is 78.8 cm³/mol. The standard InChI is InChI=1S/C12H18F2N4O3S/c1-7-3-9(18-21-7)17-11(20)8(2)22-4-10(19)16-6-12(13,14)5-15/h3,8H,4-6,15H2,1-2H3,(H,16,19)(H,17,18,20). The van der Waals surface area contributed by atoms with Crippen molar-refractivity contribution in [3.8, 4) is 0 Å². The molecule has 7 nitrogen and oxygen atoms in total. The number of amides is 2. The molecule has 0 bridgehead atoms. The molecule has 10 heteroatoms. The van der Waals surface area contributed by atoms with E-state index in [1.165, 1.54) is 0 Å². The van der Waals surface area contributed by atoms with Crippen molar-refractivity contribution in [2.45, 2.75) is 25.0 Å². The average molecular weight is 336 g/mol. The summed E-state index contributed by atoms with van der Waals surface area (Å²) in [5, 5.41) is 7.64. The minimum atomic E-state index is -3.13. The topological polar surface area (TPSA) is 110 Å². The van der Waals surface area contributed by atoms with E-state index in [4.69, 9.17) is 10.3 Å². The number of anilines is 1. The molecule has 1 aromatic rings. The Balaban J connectivity index is 2.31. The zero-order valence-corrected chi connectivity index (χ0v) is 13.0. The number of aryl methyl sites for hydroxylation is 1. The van der Waals surface area contributed by atoms with Gasteiger partial charge in [-0.3, -0.25) is 9.59 Å². The van der Waals surface area contributed by atoms with E-state index < -0.39 is 30.2 Å². The van der Waals surface area contributed by atoms with Gasteiger partial charge < -0.3 is 20.9 Å². The second kappa shape index (κ2) is 8.08. The lowest BCUT2D eigenvalue weighted by atomic mass is 10.3. The lowest BCUT2D eigenvalue weighted by Gasteiger charge is -2.15. The highest BCUT2D eigenvalue weighted by Gasteiger charge is 2.27. The van der Waals surface area contributed by atoms with Gasteiger partial charge in [0.2, 0.25) is 11.8 Å². The Morgan fingerprint density at radius 1 is 1.55 bits per heavy atom. The summed E-state index contributed by atoms with van der Waals surface area (Å²) < 4.78 is 30.5.